The Hall–Kier alpha value is -1.89. The first-order valence-electron chi connectivity index (χ1n) is 8.13. The average molecular weight is 350 g/mol. The molecule has 0 saturated heterocycles. The third-order valence-electron chi connectivity index (χ3n) is 3.29. The minimum Gasteiger partial charge on any atom is -0.350 e. The monoisotopic (exact) mass is 350 g/mol. The molecule has 2 rings (SSSR count). The van der Waals surface area contributed by atoms with Crippen LogP contribution in [0.1, 0.15) is 50.0 Å². The molecule has 0 saturated carbocycles. The van der Waals surface area contributed by atoms with Gasteiger partial charge >= 0.3 is 0 Å². The Morgan fingerprint density at radius 3 is 2.58 bits per heavy atom. The Morgan fingerprint density at radius 2 is 2.00 bits per heavy atom. The second kappa shape index (κ2) is 6.93. The number of nitrogens with one attached hydrogen (secondary N) is 2. The maximum absolute atomic E-state index is 12.3. The molecule has 24 heavy (non-hydrogen) atoms. The van der Waals surface area contributed by atoms with Gasteiger partial charge < -0.3 is 10.6 Å². The van der Waals surface area contributed by atoms with Gasteiger partial charge in [-0.1, -0.05) is 13.8 Å². The highest BCUT2D eigenvalue weighted by atomic mass is 32.1. The molecule has 2 amide bonds. The number of rotatable bonds is 5. The molecule has 0 aliphatic rings. The van der Waals surface area contributed by atoms with E-state index >= 15 is 0 Å². The van der Waals surface area contributed by atoms with Gasteiger partial charge in [0.05, 0.1) is 17.1 Å². The van der Waals surface area contributed by atoms with Crippen LogP contribution in [-0.2, 0) is 11.3 Å². The Labute approximate surface area is 146 Å². The Balaban J connectivity index is 2.09. The standard InChI is InChI=1S/C17H26N4O2S/c1-10(2)9-21-16-12(11(3)20-21)7-13(24-16)15(23)18-8-14(22)19-17(4,5)6/h7,10H,8-9H2,1-6H3,(H,18,23)(H,19,22). The largest absolute Gasteiger partial charge is 0.350 e. The van der Waals surface area contributed by atoms with E-state index in [1.807, 2.05) is 38.4 Å². The summed E-state index contributed by atoms with van der Waals surface area (Å²) in [5.41, 5.74) is 0.614. The zero-order valence-electron chi connectivity index (χ0n) is 15.2. The van der Waals surface area contributed by atoms with Crippen molar-refractivity contribution in [1.82, 2.24) is 20.4 Å². The molecule has 7 heteroatoms. The van der Waals surface area contributed by atoms with Crippen molar-refractivity contribution < 1.29 is 9.59 Å². The summed E-state index contributed by atoms with van der Waals surface area (Å²) >= 11 is 1.42. The summed E-state index contributed by atoms with van der Waals surface area (Å²) < 4.78 is 1.96. The van der Waals surface area contributed by atoms with Crippen molar-refractivity contribution in [2.24, 2.45) is 5.92 Å². The number of carbonyl (C=O) groups excluding carboxylic acids is 2. The minimum atomic E-state index is -0.309. The van der Waals surface area contributed by atoms with Crippen LogP contribution in [0, 0.1) is 12.8 Å². The summed E-state index contributed by atoms with van der Waals surface area (Å²) in [5, 5.41) is 11.0. The van der Waals surface area contributed by atoms with Crippen molar-refractivity contribution in [1.29, 1.82) is 0 Å². The number of fused-ring (bicyclic) bond motifs is 1. The normalized spacial score (nSPS) is 12.0. The van der Waals surface area contributed by atoms with Gasteiger partial charge in [0.2, 0.25) is 5.91 Å². The van der Waals surface area contributed by atoms with Gasteiger partial charge in [0.25, 0.3) is 5.91 Å². The number of amides is 2. The predicted octanol–water partition coefficient (Wildman–Crippen LogP) is 2.71. The van der Waals surface area contributed by atoms with Crippen molar-refractivity contribution in [3.8, 4) is 0 Å². The number of hydrogen-bond acceptors (Lipinski definition) is 4. The lowest BCUT2D eigenvalue weighted by atomic mass is 10.1. The molecule has 2 N–H and O–H groups in total. The molecular formula is C17H26N4O2S. The summed E-state index contributed by atoms with van der Waals surface area (Å²) in [6, 6.07) is 1.86. The van der Waals surface area contributed by atoms with Gasteiger partial charge in [-0.25, -0.2) is 0 Å². The smallest absolute Gasteiger partial charge is 0.261 e. The average Bonchev–Trinajstić information content (AvgIpc) is 2.96. The van der Waals surface area contributed by atoms with Crippen LogP contribution in [0.3, 0.4) is 0 Å². The quantitative estimate of drug-likeness (QED) is 0.870. The molecule has 0 fully saturated rings. The maximum Gasteiger partial charge on any atom is 0.261 e. The second-order valence-corrected chi connectivity index (χ2v) is 8.50. The molecule has 0 unspecified atom stereocenters. The molecule has 0 aliphatic carbocycles. The highest BCUT2D eigenvalue weighted by molar-refractivity contribution is 7.20. The van der Waals surface area contributed by atoms with E-state index in [1.54, 1.807) is 0 Å². The number of aromatic nitrogens is 2. The van der Waals surface area contributed by atoms with Crippen LogP contribution in [-0.4, -0.2) is 33.7 Å². The molecule has 0 aliphatic heterocycles. The van der Waals surface area contributed by atoms with Crippen LogP contribution in [0.5, 0.6) is 0 Å². The van der Waals surface area contributed by atoms with Crippen LogP contribution in [0.4, 0.5) is 0 Å². The number of thiophene rings is 1. The van der Waals surface area contributed by atoms with E-state index < -0.39 is 0 Å². The number of hydrogen-bond donors (Lipinski definition) is 2. The summed E-state index contributed by atoms with van der Waals surface area (Å²) in [4.78, 5) is 25.7. The first-order valence-corrected chi connectivity index (χ1v) is 8.94. The molecule has 0 bridgehead atoms. The van der Waals surface area contributed by atoms with E-state index in [0.29, 0.717) is 10.8 Å². The number of nitrogens with zero attached hydrogens (tertiary/aromatic N) is 2. The zero-order valence-corrected chi connectivity index (χ0v) is 16.0. The SMILES string of the molecule is Cc1nn(CC(C)C)c2sc(C(=O)NCC(=O)NC(C)(C)C)cc12. The zero-order chi connectivity index (χ0) is 18.1. The number of aryl methyl sites for hydroxylation is 1. The molecule has 2 heterocycles. The molecule has 2 aromatic heterocycles. The summed E-state index contributed by atoms with van der Waals surface area (Å²) in [5.74, 6) is 0.0582. The molecular weight excluding hydrogens is 324 g/mol. The highest BCUT2D eigenvalue weighted by Gasteiger charge is 2.18. The van der Waals surface area contributed by atoms with Crippen LogP contribution in [0.2, 0.25) is 0 Å². The lowest BCUT2D eigenvalue weighted by Gasteiger charge is -2.20. The molecule has 2 aromatic rings. The lowest BCUT2D eigenvalue weighted by molar-refractivity contribution is -0.121. The van der Waals surface area contributed by atoms with E-state index in [1.165, 1.54) is 11.3 Å². The fourth-order valence-electron chi connectivity index (χ4n) is 2.40. The summed E-state index contributed by atoms with van der Waals surface area (Å²) in [6.07, 6.45) is 0. The Kier molecular flexibility index (Phi) is 5.32. The number of carbonyl (C=O) groups is 2. The van der Waals surface area contributed by atoms with E-state index in [0.717, 1.165) is 22.5 Å². The third kappa shape index (κ3) is 4.56. The fraction of sp³-hybridized carbons (Fsp3) is 0.588. The van der Waals surface area contributed by atoms with E-state index in [4.69, 9.17) is 0 Å². The van der Waals surface area contributed by atoms with Gasteiger partial charge in [-0.3, -0.25) is 14.3 Å². The second-order valence-electron chi connectivity index (χ2n) is 7.47. The summed E-state index contributed by atoms with van der Waals surface area (Å²) in [6.45, 7) is 12.7. The Bertz CT molecular complexity index is 753. The highest BCUT2D eigenvalue weighted by Crippen LogP contribution is 2.28. The van der Waals surface area contributed by atoms with Crippen LogP contribution >= 0.6 is 11.3 Å². The maximum atomic E-state index is 12.3. The van der Waals surface area contributed by atoms with E-state index in [-0.39, 0.29) is 23.9 Å². The van der Waals surface area contributed by atoms with E-state index in [2.05, 4.69) is 29.6 Å². The third-order valence-corrected chi connectivity index (χ3v) is 4.44. The van der Waals surface area contributed by atoms with Gasteiger partial charge in [-0.2, -0.15) is 5.10 Å². The van der Waals surface area contributed by atoms with Crippen molar-refractivity contribution in [2.75, 3.05) is 6.54 Å². The topological polar surface area (TPSA) is 76.0 Å². The van der Waals surface area contributed by atoms with Crippen molar-refractivity contribution in [3.05, 3.63) is 16.6 Å². The first-order chi connectivity index (χ1) is 11.1. The van der Waals surface area contributed by atoms with Crippen LogP contribution in [0.15, 0.2) is 6.07 Å². The Morgan fingerprint density at radius 1 is 1.33 bits per heavy atom. The predicted molar refractivity (Wildman–Crippen MR) is 97.4 cm³/mol. The molecule has 0 aromatic carbocycles. The van der Waals surface area contributed by atoms with Gasteiger partial charge in [0, 0.05) is 17.5 Å². The van der Waals surface area contributed by atoms with Gasteiger partial charge in [-0.05, 0) is 39.7 Å². The van der Waals surface area contributed by atoms with Crippen molar-refractivity contribution in [3.63, 3.8) is 0 Å². The van der Waals surface area contributed by atoms with Gasteiger partial charge in [-0.15, -0.1) is 11.3 Å². The van der Waals surface area contributed by atoms with Crippen molar-refractivity contribution in [2.45, 2.75) is 53.6 Å². The van der Waals surface area contributed by atoms with Gasteiger partial charge in [0.1, 0.15) is 4.83 Å². The molecule has 0 radical (unpaired) electrons. The van der Waals surface area contributed by atoms with E-state index in [9.17, 15) is 9.59 Å². The molecule has 6 nitrogen and oxygen atoms in total. The first kappa shape index (κ1) is 18.4. The van der Waals surface area contributed by atoms with Gasteiger partial charge in [0.15, 0.2) is 0 Å². The minimum absolute atomic E-state index is 0.0263. The van der Waals surface area contributed by atoms with Crippen LogP contribution in [0.25, 0.3) is 10.2 Å². The lowest BCUT2D eigenvalue weighted by Crippen LogP contribution is -2.45. The molecule has 132 valence electrons. The van der Waals surface area contributed by atoms with Crippen molar-refractivity contribution >= 4 is 33.4 Å². The molecule has 0 atom stereocenters. The summed E-state index contributed by atoms with van der Waals surface area (Å²) in [7, 11) is 0. The fourth-order valence-corrected chi connectivity index (χ4v) is 3.49. The molecule has 0 spiro atoms. The van der Waals surface area contributed by atoms with Crippen LogP contribution < -0.4 is 10.6 Å².